The summed E-state index contributed by atoms with van der Waals surface area (Å²) in [6.45, 7) is 8.29. The van der Waals surface area contributed by atoms with Crippen molar-refractivity contribution in [1.29, 1.82) is 0 Å². The van der Waals surface area contributed by atoms with Crippen LogP contribution in [0.2, 0.25) is 0 Å². The van der Waals surface area contributed by atoms with E-state index in [4.69, 9.17) is 0 Å². The molecule has 0 spiro atoms. The van der Waals surface area contributed by atoms with E-state index in [-0.39, 0.29) is 0 Å². The number of anilines is 1. The van der Waals surface area contributed by atoms with Gasteiger partial charge in [0.15, 0.2) is 0 Å². The summed E-state index contributed by atoms with van der Waals surface area (Å²) in [5.41, 5.74) is 1.87. The molecule has 1 N–H and O–H groups in total. The van der Waals surface area contributed by atoms with Gasteiger partial charge in [-0.05, 0) is 46.5 Å². The first-order valence-electron chi connectivity index (χ1n) is 7.04. The molecular formula is C15H27N3O. The van der Waals surface area contributed by atoms with Gasteiger partial charge in [-0.15, -0.1) is 0 Å². The van der Waals surface area contributed by atoms with E-state index in [1.54, 1.807) is 0 Å². The Bertz CT molecular complexity index is 364. The normalized spacial score (nSPS) is 14.5. The van der Waals surface area contributed by atoms with Crippen molar-refractivity contribution in [2.75, 3.05) is 32.1 Å². The molecule has 0 radical (unpaired) electrons. The van der Waals surface area contributed by atoms with Crippen LogP contribution in [-0.4, -0.2) is 48.2 Å². The van der Waals surface area contributed by atoms with Crippen molar-refractivity contribution in [2.45, 2.75) is 39.3 Å². The summed E-state index contributed by atoms with van der Waals surface area (Å²) in [6.07, 6.45) is 2.11. The van der Waals surface area contributed by atoms with Gasteiger partial charge < -0.3 is 14.9 Å². The maximum atomic E-state index is 9.76. The Balaban J connectivity index is 2.81. The number of hydrogen-bond acceptors (Lipinski definition) is 4. The Morgan fingerprint density at radius 2 is 1.95 bits per heavy atom. The van der Waals surface area contributed by atoms with Crippen molar-refractivity contribution in [3.05, 3.63) is 24.0 Å². The molecule has 4 heteroatoms. The quantitative estimate of drug-likeness (QED) is 0.821. The first-order valence-corrected chi connectivity index (χ1v) is 7.04. The standard InChI is InChI=1S/C15H27N3O/c1-6-15(19)14-9-8-13(10-16-14)18(7-2)12(3)11-17(4)5/h8-10,12,15,19H,6-7,11H2,1-5H3. The van der Waals surface area contributed by atoms with Crippen LogP contribution in [0.3, 0.4) is 0 Å². The van der Waals surface area contributed by atoms with Crippen molar-refractivity contribution in [3.8, 4) is 0 Å². The van der Waals surface area contributed by atoms with Crippen LogP contribution >= 0.6 is 0 Å². The molecule has 0 aromatic carbocycles. The fraction of sp³-hybridized carbons (Fsp3) is 0.667. The van der Waals surface area contributed by atoms with E-state index in [2.05, 4.69) is 48.8 Å². The molecule has 1 aromatic rings. The number of pyridine rings is 1. The first-order chi connectivity index (χ1) is 8.99. The average Bonchev–Trinajstić information content (AvgIpc) is 2.38. The highest BCUT2D eigenvalue weighted by Crippen LogP contribution is 2.20. The molecule has 108 valence electrons. The van der Waals surface area contributed by atoms with Gasteiger partial charge in [0, 0.05) is 19.1 Å². The topological polar surface area (TPSA) is 39.6 Å². The second-order valence-corrected chi connectivity index (χ2v) is 5.26. The van der Waals surface area contributed by atoms with Crippen molar-refractivity contribution >= 4 is 5.69 Å². The van der Waals surface area contributed by atoms with Gasteiger partial charge >= 0.3 is 0 Å². The molecule has 0 bridgehead atoms. The van der Waals surface area contributed by atoms with E-state index in [0.29, 0.717) is 12.5 Å². The number of aromatic nitrogens is 1. The van der Waals surface area contributed by atoms with Gasteiger partial charge in [-0.25, -0.2) is 0 Å². The van der Waals surface area contributed by atoms with E-state index in [1.807, 2.05) is 19.2 Å². The van der Waals surface area contributed by atoms with Gasteiger partial charge in [0.2, 0.25) is 0 Å². The molecule has 0 aliphatic carbocycles. The zero-order valence-corrected chi connectivity index (χ0v) is 12.8. The molecule has 1 rings (SSSR count). The summed E-state index contributed by atoms with van der Waals surface area (Å²) in [4.78, 5) is 8.89. The van der Waals surface area contributed by atoms with Crippen molar-refractivity contribution in [1.82, 2.24) is 9.88 Å². The van der Waals surface area contributed by atoms with E-state index >= 15 is 0 Å². The maximum absolute atomic E-state index is 9.76. The molecule has 0 amide bonds. The van der Waals surface area contributed by atoms with Crippen LogP contribution in [0.4, 0.5) is 5.69 Å². The average molecular weight is 265 g/mol. The lowest BCUT2D eigenvalue weighted by Crippen LogP contribution is -2.40. The third-order valence-electron chi connectivity index (χ3n) is 3.33. The fourth-order valence-corrected chi connectivity index (χ4v) is 2.35. The molecule has 0 aliphatic rings. The minimum atomic E-state index is -0.455. The molecule has 0 fully saturated rings. The highest BCUT2D eigenvalue weighted by Gasteiger charge is 2.14. The summed E-state index contributed by atoms with van der Waals surface area (Å²) in [6, 6.07) is 4.41. The van der Waals surface area contributed by atoms with Crippen LogP contribution < -0.4 is 4.90 Å². The van der Waals surface area contributed by atoms with Gasteiger partial charge in [0.25, 0.3) is 0 Å². The summed E-state index contributed by atoms with van der Waals surface area (Å²) < 4.78 is 0. The van der Waals surface area contributed by atoms with Crippen molar-refractivity contribution in [2.24, 2.45) is 0 Å². The highest BCUT2D eigenvalue weighted by atomic mass is 16.3. The van der Waals surface area contributed by atoms with Gasteiger partial charge in [0.1, 0.15) is 0 Å². The van der Waals surface area contributed by atoms with E-state index in [1.165, 1.54) is 0 Å². The lowest BCUT2D eigenvalue weighted by Gasteiger charge is -2.32. The van der Waals surface area contributed by atoms with Crippen LogP contribution in [0.5, 0.6) is 0 Å². The maximum Gasteiger partial charge on any atom is 0.0957 e. The Morgan fingerprint density at radius 1 is 1.26 bits per heavy atom. The molecule has 0 saturated carbocycles. The predicted molar refractivity (Wildman–Crippen MR) is 80.5 cm³/mol. The zero-order valence-electron chi connectivity index (χ0n) is 12.8. The van der Waals surface area contributed by atoms with Crippen LogP contribution in [0.25, 0.3) is 0 Å². The molecule has 4 nitrogen and oxygen atoms in total. The number of aliphatic hydroxyl groups is 1. The Labute approximate surface area is 117 Å². The molecule has 2 atom stereocenters. The predicted octanol–water partition coefficient (Wildman–Crippen LogP) is 2.30. The SMILES string of the molecule is CCC(O)c1ccc(N(CC)C(C)CN(C)C)cn1. The van der Waals surface area contributed by atoms with Crippen LogP contribution in [-0.2, 0) is 0 Å². The highest BCUT2D eigenvalue weighted by molar-refractivity contribution is 5.45. The number of rotatable bonds is 7. The molecule has 0 aliphatic heterocycles. The Morgan fingerprint density at radius 3 is 2.37 bits per heavy atom. The Kier molecular flexibility index (Phi) is 6.25. The molecule has 1 heterocycles. The largest absolute Gasteiger partial charge is 0.387 e. The van der Waals surface area contributed by atoms with Crippen LogP contribution in [0, 0.1) is 0 Å². The van der Waals surface area contributed by atoms with Gasteiger partial charge in [-0.3, -0.25) is 4.98 Å². The van der Waals surface area contributed by atoms with Crippen molar-refractivity contribution < 1.29 is 5.11 Å². The molecule has 19 heavy (non-hydrogen) atoms. The number of nitrogens with zero attached hydrogens (tertiary/aromatic N) is 3. The number of likely N-dealkylation sites (N-methyl/N-ethyl adjacent to an activating group) is 2. The van der Waals surface area contributed by atoms with E-state index in [0.717, 1.165) is 24.5 Å². The summed E-state index contributed by atoms with van der Waals surface area (Å²) >= 11 is 0. The second kappa shape index (κ2) is 7.46. The minimum Gasteiger partial charge on any atom is -0.387 e. The lowest BCUT2D eigenvalue weighted by molar-refractivity contribution is 0.169. The first kappa shape index (κ1) is 15.9. The number of aliphatic hydroxyl groups excluding tert-OH is 1. The zero-order chi connectivity index (χ0) is 14.4. The second-order valence-electron chi connectivity index (χ2n) is 5.26. The van der Waals surface area contributed by atoms with Crippen LogP contribution in [0.1, 0.15) is 39.0 Å². The molecule has 1 aromatic heterocycles. The lowest BCUT2D eigenvalue weighted by atomic mass is 10.1. The summed E-state index contributed by atoms with van der Waals surface area (Å²) in [7, 11) is 4.17. The summed E-state index contributed by atoms with van der Waals surface area (Å²) in [5, 5.41) is 9.76. The van der Waals surface area contributed by atoms with Crippen LogP contribution in [0.15, 0.2) is 18.3 Å². The molecule has 2 unspecified atom stereocenters. The minimum absolute atomic E-state index is 0.434. The summed E-state index contributed by atoms with van der Waals surface area (Å²) in [5.74, 6) is 0. The number of hydrogen-bond donors (Lipinski definition) is 1. The monoisotopic (exact) mass is 265 g/mol. The van der Waals surface area contributed by atoms with E-state index in [9.17, 15) is 5.11 Å². The smallest absolute Gasteiger partial charge is 0.0957 e. The molecular weight excluding hydrogens is 238 g/mol. The van der Waals surface area contributed by atoms with Crippen molar-refractivity contribution in [3.63, 3.8) is 0 Å². The van der Waals surface area contributed by atoms with Gasteiger partial charge in [-0.1, -0.05) is 6.92 Å². The fourth-order valence-electron chi connectivity index (χ4n) is 2.35. The Hall–Kier alpha value is -1.13. The third-order valence-corrected chi connectivity index (χ3v) is 3.33. The van der Waals surface area contributed by atoms with Gasteiger partial charge in [0.05, 0.1) is 23.7 Å². The molecule has 0 saturated heterocycles. The van der Waals surface area contributed by atoms with E-state index < -0.39 is 6.10 Å². The van der Waals surface area contributed by atoms with Gasteiger partial charge in [-0.2, -0.15) is 0 Å². The third kappa shape index (κ3) is 4.48.